The zero-order valence-corrected chi connectivity index (χ0v) is 13.2. The van der Waals surface area contributed by atoms with Crippen molar-refractivity contribution < 1.29 is 4.92 Å². The number of hydrogen-bond donors (Lipinski definition) is 1. The largest absolute Gasteiger partial charge is 0.364 e. The lowest BCUT2D eigenvalue weighted by molar-refractivity contribution is -0.384. The summed E-state index contributed by atoms with van der Waals surface area (Å²) in [4.78, 5) is 14.6. The molecule has 0 bridgehead atoms. The summed E-state index contributed by atoms with van der Waals surface area (Å²) in [6.45, 7) is 2.51. The van der Waals surface area contributed by atoms with E-state index in [0.717, 1.165) is 12.0 Å². The molecule has 23 heavy (non-hydrogen) atoms. The van der Waals surface area contributed by atoms with Crippen LogP contribution in [-0.2, 0) is 0 Å². The molecule has 1 aromatic heterocycles. The molecule has 0 aliphatic rings. The van der Waals surface area contributed by atoms with E-state index in [0.29, 0.717) is 11.6 Å². The van der Waals surface area contributed by atoms with Crippen molar-refractivity contribution in [1.82, 2.24) is 4.98 Å². The Bertz CT molecular complexity index is 741. The van der Waals surface area contributed by atoms with Crippen molar-refractivity contribution in [3.8, 4) is 6.07 Å². The second-order valence-electron chi connectivity index (χ2n) is 4.96. The van der Waals surface area contributed by atoms with Gasteiger partial charge < -0.3 is 5.32 Å². The number of hydrogen-bond acceptors (Lipinski definition) is 5. The van der Waals surface area contributed by atoms with Crippen molar-refractivity contribution in [3.63, 3.8) is 0 Å². The van der Waals surface area contributed by atoms with E-state index < -0.39 is 4.92 Å². The lowest BCUT2D eigenvalue weighted by Gasteiger charge is -2.16. The van der Waals surface area contributed by atoms with E-state index in [9.17, 15) is 10.1 Å². The van der Waals surface area contributed by atoms with Crippen LogP contribution in [0.25, 0.3) is 0 Å². The van der Waals surface area contributed by atoms with Crippen molar-refractivity contribution in [2.45, 2.75) is 19.3 Å². The van der Waals surface area contributed by atoms with E-state index >= 15 is 0 Å². The second kappa shape index (κ2) is 7.56. The van der Waals surface area contributed by atoms with Gasteiger partial charge in [-0.05, 0) is 30.2 Å². The summed E-state index contributed by atoms with van der Waals surface area (Å²) in [6, 6.07) is 10.7. The van der Waals surface area contributed by atoms with Crippen LogP contribution in [0.1, 0.15) is 30.4 Å². The third kappa shape index (κ3) is 3.96. The number of halogens is 1. The van der Waals surface area contributed by atoms with Gasteiger partial charge in [0, 0.05) is 23.7 Å². The molecular weight excluding hydrogens is 316 g/mol. The van der Waals surface area contributed by atoms with Crippen molar-refractivity contribution in [1.29, 1.82) is 5.26 Å². The molecule has 0 saturated heterocycles. The van der Waals surface area contributed by atoms with Crippen LogP contribution in [-0.4, -0.2) is 16.5 Å². The Morgan fingerprint density at radius 2 is 2.09 bits per heavy atom. The zero-order valence-electron chi connectivity index (χ0n) is 12.5. The van der Waals surface area contributed by atoms with Gasteiger partial charge >= 0.3 is 5.69 Å². The average molecular weight is 331 g/mol. The van der Waals surface area contributed by atoms with Gasteiger partial charge in [0.05, 0.1) is 4.92 Å². The zero-order chi connectivity index (χ0) is 16.8. The summed E-state index contributed by atoms with van der Waals surface area (Å²) in [6.07, 6.45) is 2.23. The van der Waals surface area contributed by atoms with Gasteiger partial charge in [0.1, 0.15) is 11.6 Å². The molecular formula is C16H15ClN4O2. The molecule has 0 aliphatic carbocycles. The molecule has 7 heteroatoms. The number of anilines is 1. The van der Waals surface area contributed by atoms with Gasteiger partial charge in [0.2, 0.25) is 5.82 Å². The minimum Gasteiger partial charge on any atom is -0.364 e. The van der Waals surface area contributed by atoms with E-state index in [1.165, 1.54) is 12.3 Å². The van der Waals surface area contributed by atoms with Crippen molar-refractivity contribution >= 4 is 23.1 Å². The van der Waals surface area contributed by atoms with Crippen molar-refractivity contribution in [2.75, 3.05) is 11.9 Å². The Morgan fingerprint density at radius 3 is 2.65 bits per heavy atom. The topological polar surface area (TPSA) is 91.8 Å². The van der Waals surface area contributed by atoms with Crippen LogP contribution < -0.4 is 5.32 Å². The highest BCUT2D eigenvalue weighted by atomic mass is 35.5. The molecule has 1 N–H and O–H groups in total. The lowest BCUT2D eigenvalue weighted by Crippen LogP contribution is -2.14. The normalized spacial score (nSPS) is 11.5. The quantitative estimate of drug-likeness (QED) is 0.635. The summed E-state index contributed by atoms with van der Waals surface area (Å²) in [5.74, 6) is 0.265. The molecule has 1 atom stereocenters. The Morgan fingerprint density at radius 1 is 1.39 bits per heavy atom. The van der Waals surface area contributed by atoms with Crippen LogP contribution in [0.3, 0.4) is 0 Å². The fourth-order valence-electron chi connectivity index (χ4n) is 2.31. The minimum absolute atomic E-state index is 0.00737. The summed E-state index contributed by atoms with van der Waals surface area (Å²) in [5, 5.41) is 23.8. The molecule has 0 radical (unpaired) electrons. The van der Waals surface area contributed by atoms with Crippen molar-refractivity contribution in [2.24, 2.45) is 0 Å². The first-order valence-corrected chi connectivity index (χ1v) is 7.47. The highest BCUT2D eigenvalue weighted by molar-refractivity contribution is 6.30. The average Bonchev–Trinajstić information content (AvgIpc) is 2.56. The molecule has 1 aromatic carbocycles. The van der Waals surface area contributed by atoms with E-state index in [1.807, 2.05) is 37.3 Å². The highest BCUT2D eigenvalue weighted by Gasteiger charge is 2.21. The second-order valence-corrected chi connectivity index (χ2v) is 5.40. The molecule has 0 aliphatic heterocycles. The molecule has 2 aromatic rings. The standard InChI is InChI=1S/C16H15ClN4O2/c1-2-11(12-3-5-14(17)6-4-12)10-20-16-15(21(22)23)13(9-18)7-8-19-16/h3-8,11H,2,10H2,1H3,(H,19,20). The maximum atomic E-state index is 11.2. The van der Waals surface area contributed by atoms with Crippen LogP contribution in [0, 0.1) is 21.4 Å². The number of aromatic nitrogens is 1. The van der Waals surface area contributed by atoms with E-state index in [1.54, 1.807) is 0 Å². The Kier molecular flexibility index (Phi) is 5.50. The Hall–Kier alpha value is -2.65. The molecule has 2 rings (SSSR count). The summed E-state index contributed by atoms with van der Waals surface area (Å²) in [7, 11) is 0. The van der Waals surface area contributed by atoms with E-state index in [4.69, 9.17) is 16.9 Å². The molecule has 0 amide bonds. The number of benzene rings is 1. The third-order valence-corrected chi connectivity index (χ3v) is 3.83. The monoisotopic (exact) mass is 330 g/mol. The SMILES string of the molecule is CCC(CNc1nccc(C#N)c1[N+](=O)[O-])c1ccc(Cl)cc1. The molecule has 118 valence electrons. The van der Waals surface area contributed by atoms with Crippen LogP contribution in [0.5, 0.6) is 0 Å². The maximum Gasteiger partial charge on any atom is 0.328 e. The van der Waals surface area contributed by atoms with E-state index in [2.05, 4.69) is 10.3 Å². The van der Waals surface area contributed by atoms with Gasteiger partial charge in [-0.25, -0.2) is 4.98 Å². The lowest BCUT2D eigenvalue weighted by atomic mass is 9.96. The number of nitro groups is 1. The fraction of sp³-hybridized carbons (Fsp3) is 0.250. The maximum absolute atomic E-state index is 11.2. The van der Waals surface area contributed by atoms with Gasteiger partial charge in [-0.3, -0.25) is 10.1 Å². The number of rotatable bonds is 6. The Balaban J connectivity index is 2.21. The predicted molar refractivity (Wildman–Crippen MR) is 88.6 cm³/mol. The first-order valence-electron chi connectivity index (χ1n) is 7.09. The third-order valence-electron chi connectivity index (χ3n) is 3.58. The predicted octanol–water partition coefficient (Wildman–Crippen LogP) is 4.12. The summed E-state index contributed by atoms with van der Waals surface area (Å²) >= 11 is 5.89. The van der Waals surface area contributed by atoms with Crippen LogP contribution in [0.15, 0.2) is 36.5 Å². The van der Waals surface area contributed by atoms with Gasteiger partial charge in [0.25, 0.3) is 0 Å². The molecule has 0 spiro atoms. The van der Waals surface area contributed by atoms with Crippen LogP contribution in [0.2, 0.25) is 5.02 Å². The molecule has 0 saturated carbocycles. The molecule has 1 unspecified atom stereocenters. The first-order chi connectivity index (χ1) is 11.1. The fourth-order valence-corrected chi connectivity index (χ4v) is 2.44. The number of nitrogens with one attached hydrogen (secondary N) is 1. The Labute approximate surface area is 138 Å². The number of nitrogens with zero attached hydrogens (tertiary/aromatic N) is 3. The van der Waals surface area contributed by atoms with Gasteiger partial charge in [0.15, 0.2) is 0 Å². The van der Waals surface area contributed by atoms with Gasteiger partial charge in [-0.15, -0.1) is 0 Å². The van der Waals surface area contributed by atoms with Crippen molar-refractivity contribution in [3.05, 3.63) is 62.8 Å². The van der Waals surface area contributed by atoms with Crippen LogP contribution in [0.4, 0.5) is 11.5 Å². The minimum atomic E-state index is -0.586. The van der Waals surface area contributed by atoms with Gasteiger partial charge in [-0.2, -0.15) is 5.26 Å². The molecule has 6 nitrogen and oxygen atoms in total. The summed E-state index contributed by atoms with van der Waals surface area (Å²) < 4.78 is 0. The number of pyridine rings is 1. The van der Waals surface area contributed by atoms with E-state index in [-0.39, 0.29) is 23.0 Å². The summed E-state index contributed by atoms with van der Waals surface area (Å²) in [5.41, 5.74) is 0.788. The highest BCUT2D eigenvalue weighted by Crippen LogP contribution is 2.27. The van der Waals surface area contributed by atoms with Crippen LogP contribution >= 0.6 is 11.6 Å². The van der Waals surface area contributed by atoms with Gasteiger partial charge in [-0.1, -0.05) is 30.7 Å². The first kappa shape index (κ1) is 16.7. The number of nitriles is 1. The molecule has 0 fully saturated rings. The smallest absolute Gasteiger partial charge is 0.328 e. The molecule has 1 heterocycles.